The lowest BCUT2D eigenvalue weighted by atomic mass is 10.4. The van der Waals surface area contributed by atoms with E-state index in [0.29, 0.717) is 0 Å². The molecule has 0 aliphatic heterocycles. The van der Waals surface area contributed by atoms with Gasteiger partial charge in [-0.25, -0.2) is 0 Å². The van der Waals surface area contributed by atoms with Crippen molar-refractivity contribution in [3.63, 3.8) is 0 Å². The Morgan fingerprint density at radius 2 is 0.952 bits per heavy atom. The third-order valence-electron chi connectivity index (χ3n) is 5.26. The average Bonchev–Trinajstić information content (AvgIpc) is 2.52. The third kappa shape index (κ3) is 9.73. The maximum atomic E-state index is 2.61. The maximum Gasteiger partial charge on any atom is 0.0536 e. The van der Waals surface area contributed by atoms with Crippen LogP contribution in [0.15, 0.2) is 0 Å². The van der Waals surface area contributed by atoms with Crippen molar-refractivity contribution in [2.75, 3.05) is 19.6 Å². The van der Waals surface area contributed by atoms with E-state index < -0.39 is 8.07 Å². The molecule has 0 bridgehead atoms. The van der Waals surface area contributed by atoms with E-state index in [1.807, 2.05) is 0 Å². The van der Waals surface area contributed by atoms with Gasteiger partial charge >= 0.3 is 0 Å². The van der Waals surface area contributed by atoms with E-state index in [1.54, 1.807) is 24.2 Å². The molecule has 0 fully saturated rings. The largest absolute Gasteiger partial charge is 0.304 e. The molecule has 0 aromatic rings. The summed E-state index contributed by atoms with van der Waals surface area (Å²) in [5.41, 5.74) is 0. The highest BCUT2D eigenvalue weighted by Gasteiger charge is 2.30. The van der Waals surface area contributed by atoms with E-state index in [2.05, 4.69) is 39.5 Å². The van der Waals surface area contributed by atoms with Gasteiger partial charge in [-0.3, -0.25) is 0 Å². The summed E-state index contributed by atoms with van der Waals surface area (Å²) in [6.45, 7) is 15.5. The SMILES string of the molecule is CCCC[Si](CCCC)(CCCC)CCCN(CC)CC. The highest BCUT2D eigenvalue weighted by Crippen LogP contribution is 2.33. The van der Waals surface area contributed by atoms with Crippen molar-refractivity contribution in [3.05, 3.63) is 0 Å². The molecule has 0 unspecified atom stereocenters. The normalized spacial score (nSPS) is 12.3. The third-order valence-corrected chi connectivity index (χ3v) is 10.9. The summed E-state index contributed by atoms with van der Waals surface area (Å²) in [4.78, 5) is 2.61. The Morgan fingerprint density at radius 1 is 0.571 bits per heavy atom. The minimum atomic E-state index is -0.977. The zero-order valence-corrected chi connectivity index (χ0v) is 16.8. The molecule has 0 aromatic heterocycles. The van der Waals surface area contributed by atoms with E-state index in [0.717, 1.165) is 0 Å². The van der Waals surface area contributed by atoms with Gasteiger partial charge < -0.3 is 4.90 Å². The van der Waals surface area contributed by atoms with Crippen LogP contribution in [0.3, 0.4) is 0 Å². The molecule has 2 heteroatoms. The Kier molecular flexibility index (Phi) is 13.9. The Balaban J connectivity index is 4.54. The van der Waals surface area contributed by atoms with Crippen molar-refractivity contribution >= 4 is 8.07 Å². The first-order valence-corrected chi connectivity index (χ1v) is 12.7. The summed E-state index contributed by atoms with van der Waals surface area (Å²) in [5.74, 6) is 0. The Hall–Kier alpha value is 0.177. The predicted molar refractivity (Wildman–Crippen MR) is 102 cm³/mol. The first-order valence-electron chi connectivity index (χ1n) is 9.90. The fourth-order valence-corrected chi connectivity index (χ4v) is 9.34. The minimum absolute atomic E-state index is 0.977. The van der Waals surface area contributed by atoms with Gasteiger partial charge in [-0.15, -0.1) is 0 Å². The van der Waals surface area contributed by atoms with Gasteiger partial charge in [0.15, 0.2) is 0 Å². The first-order chi connectivity index (χ1) is 10.2. The number of nitrogens with zero attached hydrogens (tertiary/aromatic N) is 1. The number of unbranched alkanes of at least 4 members (excludes halogenated alkanes) is 3. The Bertz CT molecular complexity index is 192. The van der Waals surface area contributed by atoms with Crippen molar-refractivity contribution in [1.29, 1.82) is 0 Å². The maximum absolute atomic E-state index is 2.61. The molecule has 21 heavy (non-hydrogen) atoms. The quantitative estimate of drug-likeness (QED) is 0.309. The standard InChI is InChI=1S/C19H43NSi/c1-6-11-16-21(17-12-7-2,18-13-8-3)19-14-15-20(9-4)10-5/h6-19H2,1-5H3. The van der Waals surface area contributed by atoms with Gasteiger partial charge in [0, 0.05) is 0 Å². The van der Waals surface area contributed by atoms with Crippen LogP contribution >= 0.6 is 0 Å². The van der Waals surface area contributed by atoms with Crippen LogP contribution in [0, 0.1) is 0 Å². The second-order valence-electron chi connectivity index (χ2n) is 6.94. The molecule has 0 N–H and O–H groups in total. The van der Waals surface area contributed by atoms with Gasteiger partial charge in [-0.05, 0) is 26.1 Å². The van der Waals surface area contributed by atoms with Crippen LogP contribution in [-0.2, 0) is 0 Å². The van der Waals surface area contributed by atoms with E-state index in [-0.39, 0.29) is 0 Å². The Labute approximate surface area is 136 Å². The average molecular weight is 314 g/mol. The number of hydrogen-bond donors (Lipinski definition) is 0. The molecule has 0 radical (unpaired) electrons. The minimum Gasteiger partial charge on any atom is -0.304 e. The molecule has 1 nitrogen and oxygen atoms in total. The van der Waals surface area contributed by atoms with Crippen molar-refractivity contribution in [1.82, 2.24) is 4.90 Å². The van der Waals surface area contributed by atoms with Gasteiger partial charge in [-0.2, -0.15) is 0 Å². The van der Waals surface area contributed by atoms with Crippen molar-refractivity contribution in [2.45, 2.75) is 104 Å². The summed E-state index contributed by atoms with van der Waals surface area (Å²) < 4.78 is 0. The van der Waals surface area contributed by atoms with E-state index >= 15 is 0 Å². The van der Waals surface area contributed by atoms with Gasteiger partial charge in [-0.1, -0.05) is 97.3 Å². The molecule has 0 aromatic carbocycles. The zero-order valence-electron chi connectivity index (χ0n) is 15.8. The van der Waals surface area contributed by atoms with Gasteiger partial charge in [0.2, 0.25) is 0 Å². The van der Waals surface area contributed by atoms with Crippen LogP contribution in [0.4, 0.5) is 0 Å². The van der Waals surface area contributed by atoms with Crippen molar-refractivity contribution in [3.8, 4) is 0 Å². The summed E-state index contributed by atoms with van der Waals surface area (Å²) in [5, 5.41) is 0. The first kappa shape index (κ1) is 21.2. The molecule has 0 aliphatic rings. The Morgan fingerprint density at radius 3 is 1.29 bits per heavy atom. The summed E-state index contributed by atoms with van der Waals surface area (Å²) in [6.07, 6.45) is 10.1. The summed E-state index contributed by atoms with van der Waals surface area (Å²) >= 11 is 0. The van der Waals surface area contributed by atoms with Crippen LogP contribution in [0.25, 0.3) is 0 Å². The highest BCUT2D eigenvalue weighted by molar-refractivity contribution is 6.79. The molecule has 0 spiro atoms. The molecule has 0 saturated heterocycles. The van der Waals surface area contributed by atoms with Gasteiger partial charge in [0.25, 0.3) is 0 Å². The fourth-order valence-electron chi connectivity index (χ4n) is 3.62. The molecule has 0 rings (SSSR count). The number of hydrogen-bond acceptors (Lipinski definition) is 1. The fraction of sp³-hybridized carbons (Fsp3) is 1.00. The molecule has 0 saturated carbocycles. The lowest BCUT2D eigenvalue weighted by Gasteiger charge is -2.33. The topological polar surface area (TPSA) is 3.24 Å². The monoisotopic (exact) mass is 313 g/mol. The number of rotatable bonds is 15. The van der Waals surface area contributed by atoms with Crippen molar-refractivity contribution in [2.24, 2.45) is 0 Å². The lowest BCUT2D eigenvalue weighted by Crippen LogP contribution is -2.35. The second-order valence-corrected chi connectivity index (χ2v) is 11.9. The molecule has 0 heterocycles. The predicted octanol–water partition coefficient (Wildman–Crippen LogP) is 6.57. The molecule has 128 valence electrons. The summed E-state index contributed by atoms with van der Waals surface area (Å²) in [6, 6.07) is 6.44. The van der Waals surface area contributed by atoms with Gasteiger partial charge in [0.1, 0.15) is 0 Å². The van der Waals surface area contributed by atoms with Crippen LogP contribution in [0.5, 0.6) is 0 Å². The molecular formula is C19H43NSi. The highest BCUT2D eigenvalue weighted by atomic mass is 28.3. The van der Waals surface area contributed by atoms with Crippen LogP contribution < -0.4 is 0 Å². The second kappa shape index (κ2) is 13.8. The van der Waals surface area contributed by atoms with Crippen LogP contribution in [0.1, 0.15) is 79.6 Å². The van der Waals surface area contributed by atoms with Crippen molar-refractivity contribution < 1.29 is 0 Å². The molecule has 0 amide bonds. The van der Waals surface area contributed by atoms with Gasteiger partial charge in [0.05, 0.1) is 8.07 Å². The molecule has 0 aliphatic carbocycles. The molecule has 0 atom stereocenters. The summed E-state index contributed by atoms with van der Waals surface area (Å²) in [7, 11) is -0.977. The van der Waals surface area contributed by atoms with E-state index in [1.165, 1.54) is 64.6 Å². The lowest BCUT2D eigenvalue weighted by molar-refractivity contribution is 0.304. The van der Waals surface area contributed by atoms with E-state index in [4.69, 9.17) is 0 Å². The smallest absolute Gasteiger partial charge is 0.0536 e. The van der Waals surface area contributed by atoms with Crippen LogP contribution in [-0.4, -0.2) is 32.6 Å². The zero-order chi connectivity index (χ0) is 16.0. The van der Waals surface area contributed by atoms with E-state index in [9.17, 15) is 0 Å². The van der Waals surface area contributed by atoms with Crippen LogP contribution in [0.2, 0.25) is 24.2 Å². The molecular weight excluding hydrogens is 270 g/mol.